The van der Waals surface area contributed by atoms with E-state index in [0.717, 1.165) is 12.0 Å². The molecule has 0 saturated carbocycles. The Hall–Kier alpha value is -1.74. The van der Waals surface area contributed by atoms with E-state index in [9.17, 15) is 18.0 Å². The van der Waals surface area contributed by atoms with Gasteiger partial charge < -0.3 is 10.4 Å². The van der Waals surface area contributed by atoms with Crippen LogP contribution in [0.1, 0.15) is 23.7 Å². The summed E-state index contributed by atoms with van der Waals surface area (Å²) in [4.78, 5) is 23.2. The van der Waals surface area contributed by atoms with Crippen molar-refractivity contribution in [3.05, 3.63) is 29.8 Å². The van der Waals surface area contributed by atoms with Gasteiger partial charge in [-0.15, -0.1) is 0 Å². The van der Waals surface area contributed by atoms with Gasteiger partial charge in [0.25, 0.3) is 5.91 Å². The lowest BCUT2D eigenvalue weighted by Crippen LogP contribution is -2.41. The first kappa shape index (κ1) is 19.3. The molecule has 0 fully saturated rings. The smallest absolute Gasteiger partial charge is 0.326 e. The molecule has 0 aromatic heterocycles. The Labute approximate surface area is 139 Å². The average Bonchev–Trinajstić information content (AvgIpc) is 2.45. The fourth-order valence-corrected chi connectivity index (χ4v) is 3.00. The molecule has 0 aliphatic heterocycles. The molecule has 3 N–H and O–H groups in total. The lowest BCUT2D eigenvalue weighted by atomic mass is 10.1. The van der Waals surface area contributed by atoms with Gasteiger partial charge >= 0.3 is 5.97 Å². The molecule has 7 nitrogen and oxygen atoms in total. The Morgan fingerprint density at radius 1 is 1.26 bits per heavy atom. The fourth-order valence-electron chi connectivity index (χ4n) is 1.75. The number of sulfonamides is 1. The summed E-state index contributed by atoms with van der Waals surface area (Å²) < 4.78 is 24.5. The minimum atomic E-state index is -3.38. The van der Waals surface area contributed by atoms with Gasteiger partial charge in [0.05, 0.1) is 6.26 Å². The number of rotatable bonds is 9. The van der Waals surface area contributed by atoms with Gasteiger partial charge in [-0.05, 0) is 42.2 Å². The second-order valence-electron chi connectivity index (χ2n) is 4.80. The number of nitrogens with one attached hydrogen (secondary N) is 2. The maximum Gasteiger partial charge on any atom is 0.326 e. The molecule has 0 spiro atoms. The fraction of sp³-hybridized carbons (Fsp3) is 0.429. The van der Waals surface area contributed by atoms with E-state index >= 15 is 0 Å². The number of aliphatic carboxylic acids is 1. The number of carboxylic acids is 1. The molecule has 0 bridgehead atoms. The van der Waals surface area contributed by atoms with Gasteiger partial charge in [-0.25, -0.2) is 13.2 Å². The molecular weight excluding hydrogens is 340 g/mol. The van der Waals surface area contributed by atoms with E-state index in [-0.39, 0.29) is 5.56 Å². The quantitative estimate of drug-likeness (QED) is 0.574. The number of anilines is 1. The number of carbonyl (C=O) groups excluding carboxylic acids is 1. The third-order valence-electron chi connectivity index (χ3n) is 2.81. The van der Waals surface area contributed by atoms with Crippen LogP contribution < -0.4 is 10.0 Å². The molecule has 0 saturated heterocycles. The Balaban J connectivity index is 2.70. The molecule has 1 atom stereocenters. The summed E-state index contributed by atoms with van der Waals surface area (Å²) in [7, 11) is -3.38. The molecule has 0 radical (unpaired) electrons. The van der Waals surface area contributed by atoms with Crippen LogP contribution in [0.15, 0.2) is 24.3 Å². The highest BCUT2D eigenvalue weighted by Gasteiger charge is 2.20. The Morgan fingerprint density at radius 3 is 2.35 bits per heavy atom. The van der Waals surface area contributed by atoms with Crippen molar-refractivity contribution >= 4 is 39.3 Å². The number of hydrogen-bond acceptors (Lipinski definition) is 5. The van der Waals surface area contributed by atoms with Crippen molar-refractivity contribution in [2.45, 2.75) is 19.4 Å². The Morgan fingerprint density at radius 2 is 1.87 bits per heavy atom. The van der Waals surface area contributed by atoms with Crippen molar-refractivity contribution in [1.82, 2.24) is 5.32 Å². The summed E-state index contributed by atoms with van der Waals surface area (Å²) in [5, 5.41) is 11.6. The summed E-state index contributed by atoms with van der Waals surface area (Å²) in [6, 6.07) is 4.80. The van der Waals surface area contributed by atoms with Gasteiger partial charge in [0.1, 0.15) is 6.04 Å². The zero-order valence-electron chi connectivity index (χ0n) is 12.9. The molecule has 23 heavy (non-hydrogen) atoms. The summed E-state index contributed by atoms with van der Waals surface area (Å²) in [5.74, 6) is -0.0599. The lowest BCUT2D eigenvalue weighted by molar-refractivity contribution is -0.139. The standard InChI is InChI=1S/C14H20N2O5S2/c1-3-22-9-8-12(14(18)19)15-13(17)10-4-6-11(7-5-10)16-23(2,20)21/h4-7,12,16H,3,8-9H2,1-2H3,(H,15,17)(H,18,19). The highest BCUT2D eigenvalue weighted by atomic mass is 32.2. The van der Waals surface area contributed by atoms with Gasteiger partial charge in [0.15, 0.2) is 0 Å². The van der Waals surface area contributed by atoms with Crippen LogP contribution in [-0.2, 0) is 14.8 Å². The first-order valence-corrected chi connectivity index (χ1v) is 9.97. The summed E-state index contributed by atoms with van der Waals surface area (Å²) in [6.07, 6.45) is 1.37. The highest BCUT2D eigenvalue weighted by Crippen LogP contribution is 2.12. The van der Waals surface area contributed by atoms with Crippen molar-refractivity contribution < 1.29 is 23.1 Å². The molecule has 9 heteroatoms. The van der Waals surface area contributed by atoms with E-state index in [1.165, 1.54) is 24.3 Å². The molecule has 1 rings (SSSR count). The Bertz CT molecular complexity index is 644. The van der Waals surface area contributed by atoms with Gasteiger partial charge in [0, 0.05) is 11.3 Å². The third-order valence-corrected chi connectivity index (χ3v) is 4.35. The average molecular weight is 360 g/mol. The van der Waals surface area contributed by atoms with E-state index in [1.54, 1.807) is 11.8 Å². The highest BCUT2D eigenvalue weighted by molar-refractivity contribution is 7.99. The topological polar surface area (TPSA) is 113 Å². The van der Waals surface area contributed by atoms with Crippen molar-refractivity contribution in [2.24, 2.45) is 0 Å². The van der Waals surface area contributed by atoms with Crippen LogP contribution in [-0.4, -0.2) is 49.2 Å². The number of thioether (sulfide) groups is 1. The molecule has 0 aliphatic rings. The van der Waals surface area contributed by atoms with E-state index in [2.05, 4.69) is 10.0 Å². The summed E-state index contributed by atoms with van der Waals surface area (Å²) >= 11 is 1.60. The first-order chi connectivity index (χ1) is 10.7. The van der Waals surface area contributed by atoms with Crippen molar-refractivity contribution in [3.8, 4) is 0 Å². The largest absolute Gasteiger partial charge is 0.480 e. The molecule has 1 amide bonds. The van der Waals surface area contributed by atoms with Gasteiger partial charge in [-0.1, -0.05) is 6.92 Å². The van der Waals surface area contributed by atoms with Gasteiger partial charge in [0.2, 0.25) is 10.0 Å². The summed E-state index contributed by atoms with van der Waals surface area (Å²) in [6.45, 7) is 1.98. The number of carbonyl (C=O) groups is 2. The number of carboxylic acid groups (broad SMARTS) is 1. The summed E-state index contributed by atoms with van der Waals surface area (Å²) in [5.41, 5.74) is 0.594. The maximum absolute atomic E-state index is 12.1. The minimum absolute atomic E-state index is 0.262. The molecule has 0 heterocycles. The molecule has 1 aromatic carbocycles. The minimum Gasteiger partial charge on any atom is -0.480 e. The second kappa shape index (κ2) is 8.78. The van der Waals surface area contributed by atoms with E-state index in [4.69, 9.17) is 5.11 Å². The first-order valence-electron chi connectivity index (χ1n) is 6.92. The number of hydrogen-bond donors (Lipinski definition) is 3. The number of amides is 1. The van der Waals surface area contributed by atoms with Crippen LogP contribution in [0.5, 0.6) is 0 Å². The van der Waals surface area contributed by atoms with Crippen LogP contribution in [0.3, 0.4) is 0 Å². The zero-order valence-corrected chi connectivity index (χ0v) is 14.5. The van der Waals surface area contributed by atoms with Crippen molar-refractivity contribution in [1.29, 1.82) is 0 Å². The maximum atomic E-state index is 12.1. The van der Waals surface area contributed by atoms with E-state index in [1.807, 2.05) is 6.92 Å². The van der Waals surface area contributed by atoms with Crippen molar-refractivity contribution in [3.63, 3.8) is 0 Å². The van der Waals surface area contributed by atoms with Crippen LogP contribution in [0.2, 0.25) is 0 Å². The SMILES string of the molecule is CCSCCC(NC(=O)c1ccc(NS(C)(=O)=O)cc1)C(=O)O. The van der Waals surface area contributed by atoms with Crippen LogP contribution in [0.25, 0.3) is 0 Å². The van der Waals surface area contributed by atoms with Crippen molar-refractivity contribution in [2.75, 3.05) is 22.5 Å². The van der Waals surface area contributed by atoms with Gasteiger partial charge in [-0.3, -0.25) is 9.52 Å². The molecule has 0 aliphatic carbocycles. The van der Waals surface area contributed by atoms with Crippen LogP contribution in [0, 0.1) is 0 Å². The second-order valence-corrected chi connectivity index (χ2v) is 7.94. The van der Waals surface area contributed by atoms with Crippen LogP contribution >= 0.6 is 11.8 Å². The Kier molecular flexibility index (Phi) is 7.37. The predicted molar refractivity (Wildman–Crippen MR) is 91.4 cm³/mol. The molecular formula is C14H20N2O5S2. The molecule has 1 aromatic rings. The number of benzene rings is 1. The van der Waals surface area contributed by atoms with Crippen LogP contribution in [0.4, 0.5) is 5.69 Å². The third kappa shape index (κ3) is 7.38. The van der Waals surface area contributed by atoms with E-state index in [0.29, 0.717) is 17.9 Å². The monoisotopic (exact) mass is 360 g/mol. The normalized spacial score (nSPS) is 12.4. The van der Waals surface area contributed by atoms with Gasteiger partial charge in [-0.2, -0.15) is 11.8 Å². The lowest BCUT2D eigenvalue weighted by Gasteiger charge is -2.14. The molecule has 128 valence electrons. The molecule has 1 unspecified atom stereocenters. The zero-order chi connectivity index (χ0) is 17.5. The predicted octanol–water partition coefficient (Wildman–Crippen LogP) is 1.38. The van der Waals surface area contributed by atoms with E-state index < -0.39 is 27.9 Å².